The summed E-state index contributed by atoms with van der Waals surface area (Å²) in [6.45, 7) is 12.1. The monoisotopic (exact) mass is 454 g/mol. The molecule has 0 saturated carbocycles. The lowest BCUT2D eigenvalue weighted by Gasteiger charge is -2.11. The molecule has 1 aromatic heterocycles. The van der Waals surface area contributed by atoms with E-state index in [1.54, 1.807) is 25.4 Å². The first-order valence-corrected chi connectivity index (χ1v) is 11.1. The van der Waals surface area contributed by atoms with Crippen LogP contribution in [0.3, 0.4) is 0 Å². The highest BCUT2D eigenvalue weighted by Crippen LogP contribution is 2.28. The third-order valence-electron chi connectivity index (χ3n) is 4.02. The van der Waals surface area contributed by atoms with Crippen molar-refractivity contribution in [3.63, 3.8) is 0 Å². The van der Waals surface area contributed by atoms with E-state index in [-0.39, 0.29) is 5.02 Å². The SMILES string of the molecule is C=C/C(=C\C=NC)Cc1nnc(Nc2ccc(F)c(Cl)c2)c2ccccc12.CC.CCC. The number of benzene rings is 2. The number of nitrogens with zero attached hydrogens (tertiary/aromatic N) is 3. The Bertz CT molecular complexity index is 1060. The van der Waals surface area contributed by atoms with E-state index in [2.05, 4.69) is 40.9 Å². The lowest BCUT2D eigenvalue weighted by Crippen LogP contribution is -2.02. The first kappa shape index (κ1) is 27.0. The van der Waals surface area contributed by atoms with Gasteiger partial charge in [-0.3, -0.25) is 4.99 Å². The van der Waals surface area contributed by atoms with Crippen molar-refractivity contribution in [2.24, 2.45) is 4.99 Å². The van der Waals surface area contributed by atoms with Gasteiger partial charge >= 0.3 is 0 Å². The number of halogens is 2. The Balaban J connectivity index is 0.000000944. The van der Waals surface area contributed by atoms with Gasteiger partial charge in [-0.25, -0.2) is 4.39 Å². The Labute approximate surface area is 196 Å². The summed E-state index contributed by atoms with van der Waals surface area (Å²) in [6.07, 6.45) is 7.24. The van der Waals surface area contributed by atoms with Gasteiger partial charge in [-0.05, 0) is 29.8 Å². The van der Waals surface area contributed by atoms with E-state index in [1.807, 2.05) is 44.2 Å². The predicted molar refractivity (Wildman–Crippen MR) is 138 cm³/mol. The Morgan fingerprint density at radius 1 is 1.12 bits per heavy atom. The lowest BCUT2D eigenvalue weighted by atomic mass is 10.0. The zero-order valence-electron chi connectivity index (χ0n) is 19.5. The number of allylic oxidation sites excluding steroid dienone is 3. The molecule has 0 aliphatic heterocycles. The number of fused-ring (bicyclic) bond motifs is 1. The molecule has 170 valence electrons. The summed E-state index contributed by atoms with van der Waals surface area (Å²) < 4.78 is 13.4. The Kier molecular flexibility index (Phi) is 12.5. The van der Waals surface area contributed by atoms with Crippen LogP contribution in [0.5, 0.6) is 0 Å². The number of rotatable bonds is 6. The van der Waals surface area contributed by atoms with Crippen molar-refractivity contribution in [1.29, 1.82) is 0 Å². The normalized spacial score (nSPS) is 10.8. The van der Waals surface area contributed by atoms with Gasteiger partial charge in [0.25, 0.3) is 0 Å². The third-order valence-corrected chi connectivity index (χ3v) is 4.31. The molecule has 0 amide bonds. The van der Waals surface area contributed by atoms with Crippen LogP contribution in [-0.4, -0.2) is 23.5 Å². The summed E-state index contributed by atoms with van der Waals surface area (Å²) in [5.74, 6) is 0.115. The maximum Gasteiger partial charge on any atom is 0.160 e. The largest absolute Gasteiger partial charge is 0.338 e. The summed E-state index contributed by atoms with van der Waals surface area (Å²) >= 11 is 5.86. The highest BCUT2D eigenvalue weighted by molar-refractivity contribution is 6.31. The van der Waals surface area contributed by atoms with Crippen LogP contribution in [0.2, 0.25) is 5.02 Å². The predicted octanol–water partition coefficient (Wildman–Crippen LogP) is 7.96. The highest BCUT2D eigenvalue weighted by atomic mass is 35.5. The second-order valence-corrected chi connectivity index (χ2v) is 6.94. The summed E-state index contributed by atoms with van der Waals surface area (Å²) in [6, 6.07) is 12.3. The molecular weight excluding hydrogens is 423 g/mol. The number of hydrogen-bond donors (Lipinski definition) is 1. The molecule has 0 aliphatic rings. The summed E-state index contributed by atoms with van der Waals surface area (Å²) in [5.41, 5.74) is 2.47. The molecule has 0 atom stereocenters. The van der Waals surface area contributed by atoms with Crippen molar-refractivity contribution >= 4 is 40.1 Å². The summed E-state index contributed by atoms with van der Waals surface area (Å²) in [4.78, 5) is 3.97. The first-order valence-electron chi connectivity index (χ1n) is 10.7. The van der Waals surface area contributed by atoms with Gasteiger partial charge in [0.15, 0.2) is 5.82 Å². The molecule has 3 aromatic rings. The van der Waals surface area contributed by atoms with Gasteiger partial charge in [0.2, 0.25) is 0 Å². The molecule has 1 heterocycles. The molecule has 0 fully saturated rings. The maximum absolute atomic E-state index is 13.4. The van der Waals surface area contributed by atoms with Crippen LogP contribution in [-0.2, 0) is 6.42 Å². The van der Waals surface area contributed by atoms with Crippen molar-refractivity contribution in [2.45, 2.75) is 40.5 Å². The van der Waals surface area contributed by atoms with Gasteiger partial charge in [-0.1, -0.05) is 82.6 Å². The van der Waals surface area contributed by atoms with Crippen LogP contribution < -0.4 is 5.32 Å². The van der Waals surface area contributed by atoms with Gasteiger partial charge < -0.3 is 5.32 Å². The van der Waals surface area contributed by atoms with E-state index in [9.17, 15) is 4.39 Å². The molecule has 0 aliphatic carbocycles. The maximum atomic E-state index is 13.4. The molecule has 0 radical (unpaired) electrons. The van der Waals surface area contributed by atoms with E-state index in [1.165, 1.54) is 18.6 Å². The van der Waals surface area contributed by atoms with Crippen LogP contribution in [0.1, 0.15) is 39.8 Å². The quantitative estimate of drug-likeness (QED) is 0.303. The number of anilines is 2. The van der Waals surface area contributed by atoms with Gasteiger partial charge in [-0.2, -0.15) is 5.10 Å². The lowest BCUT2D eigenvalue weighted by molar-refractivity contribution is 0.628. The van der Waals surface area contributed by atoms with Crippen molar-refractivity contribution in [3.05, 3.63) is 83.3 Å². The average molecular weight is 455 g/mol. The van der Waals surface area contributed by atoms with E-state index in [0.29, 0.717) is 17.9 Å². The zero-order chi connectivity index (χ0) is 23.9. The van der Waals surface area contributed by atoms with Crippen LogP contribution in [0.4, 0.5) is 15.9 Å². The van der Waals surface area contributed by atoms with Gasteiger partial charge in [0.1, 0.15) is 5.82 Å². The molecule has 3 rings (SSSR count). The molecule has 32 heavy (non-hydrogen) atoms. The molecule has 0 unspecified atom stereocenters. The zero-order valence-corrected chi connectivity index (χ0v) is 20.2. The Morgan fingerprint density at radius 3 is 2.38 bits per heavy atom. The standard InChI is InChI=1S/C21H18ClFN4.C3H8.C2H6/c1-3-14(10-11-24-2)12-20-16-6-4-5-7-17(16)21(27-26-20)25-15-8-9-19(23)18(22)13-15;1-3-2;1-2/h3-11,13H,1,12H2,2H3,(H,25,27);3H2,1-2H3;1-2H3/b14-10+,24-11?;;. The van der Waals surface area contributed by atoms with E-state index in [0.717, 1.165) is 22.0 Å². The smallest absolute Gasteiger partial charge is 0.160 e. The van der Waals surface area contributed by atoms with Crippen molar-refractivity contribution in [3.8, 4) is 0 Å². The fourth-order valence-corrected chi connectivity index (χ4v) is 2.84. The fourth-order valence-electron chi connectivity index (χ4n) is 2.66. The van der Waals surface area contributed by atoms with E-state index in [4.69, 9.17) is 11.6 Å². The number of hydrogen-bond acceptors (Lipinski definition) is 4. The third kappa shape index (κ3) is 7.89. The minimum Gasteiger partial charge on any atom is -0.338 e. The molecule has 0 spiro atoms. The van der Waals surface area contributed by atoms with Crippen LogP contribution >= 0.6 is 11.6 Å². The Morgan fingerprint density at radius 2 is 1.78 bits per heavy atom. The summed E-state index contributed by atoms with van der Waals surface area (Å²) in [5, 5.41) is 13.8. The van der Waals surface area contributed by atoms with Crippen molar-refractivity contribution < 1.29 is 4.39 Å². The number of nitrogens with one attached hydrogen (secondary N) is 1. The molecule has 2 aromatic carbocycles. The molecule has 6 heteroatoms. The highest BCUT2D eigenvalue weighted by Gasteiger charge is 2.11. The first-order chi connectivity index (χ1) is 15.5. The van der Waals surface area contributed by atoms with Crippen LogP contribution in [0.25, 0.3) is 10.8 Å². The second kappa shape index (κ2) is 14.9. The number of aromatic nitrogens is 2. The molecule has 0 saturated heterocycles. The minimum atomic E-state index is -0.465. The van der Waals surface area contributed by atoms with Crippen molar-refractivity contribution in [2.75, 3.05) is 12.4 Å². The molecule has 4 nitrogen and oxygen atoms in total. The van der Waals surface area contributed by atoms with E-state index >= 15 is 0 Å². The van der Waals surface area contributed by atoms with Crippen LogP contribution in [0, 0.1) is 5.82 Å². The minimum absolute atomic E-state index is 0.0484. The fraction of sp³-hybridized carbons (Fsp3) is 0.269. The number of aliphatic imine (C=N–C) groups is 1. The second-order valence-electron chi connectivity index (χ2n) is 6.53. The molecule has 0 bridgehead atoms. The molecule has 1 N–H and O–H groups in total. The van der Waals surface area contributed by atoms with Gasteiger partial charge in [0.05, 0.1) is 10.7 Å². The topological polar surface area (TPSA) is 50.2 Å². The average Bonchev–Trinajstić information content (AvgIpc) is 2.82. The summed E-state index contributed by atoms with van der Waals surface area (Å²) in [7, 11) is 1.72. The van der Waals surface area contributed by atoms with Crippen molar-refractivity contribution in [1.82, 2.24) is 10.2 Å². The van der Waals surface area contributed by atoms with Gasteiger partial charge in [-0.15, -0.1) is 5.10 Å². The Hall–Kier alpha value is -3.05. The van der Waals surface area contributed by atoms with Gasteiger partial charge in [0, 0.05) is 36.1 Å². The van der Waals surface area contributed by atoms with E-state index < -0.39 is 5.82 Å². The molecular formula is C26H32ClFN4. The van der Waals surface area contributed by atoms with Crippen LogP contribution in [0.15, 0.2) is 71.8 Å².